The number of hydrogen-bond donors (Lipinski definition) is 2. The maximum Gasteiger partial charge on any atom is 0.337 e. The molecule has 0 bridgehead atoms. The van der Waals surface area contributed by atoms with Gasteiger partial charge in [-0.15, -0.1) is 0 Å². The van der Waals surface area contributed by atoms with Crippen molar-refractivity contribution < 1.29 is 14.7 Å². The summed E-state index contributed by atoms with van der Waals surface area (Å²) in [6.07, 6.45) is 2.09. The monoisotopic (exact) mass is 287 g/mol. The largest absolute Gasteiger partial charge is 0.478 e. The molecule has 1 atom stereocenters. The van der Waals surface area contributed by atoms with Crippen molar-refractivity contribution >= 4 is 22.9 Å². The van der Waals surface area contributed by atoms with Crippen LogP contribution in [0.25, 0.3) is 11.0 Å². The van der Waals surface area contributed by atoms with Crippen LogP contribution < -0.4 is 5.32 Å². The summed E-state index contributed by atoms with van der Waals surface area (Å²) < 4.78 is 2.03. The molecule has 0 spiro atoms. The van der Waals surface area contributed by atoms with E-state index in [1.54, 1.807) is 12.1 Å². The highest BCUT2D eigenvalue weighted by molar-refractivity contribution is 6.01. The molecule has 1 aliphatic heterocycles. The van der Waals surface area contributed by atoms with Crippen molar-refractivity contribution in [1.82, 2.24) is 14.9 Å². The van der Waals surface area contributed by atoms with Gasteiger partial charge in [-0.3, -0.25) is 4.79 Å². The van der Waals surface area contributed by atoms with Crippen LogP contribution in [0.4, 0.5) is 0 Å². The van der Waals surface area contributed by atoms with E-state index in [9.17, 15) is 14.7 Å². The molecule has 1 amide bonds. The molecule has 21 heavy (non-hydrogen) atoms. The summed E-state index contributed by atoms with van der Waals surface area (Å²) in [4.78, 5) is 27.4. The Bertz CT molecular complexity index is 720. The van der Waals surface area contributed by atoms with E-state index < -0.39 is 5.97 Å². The van der Waals surface area contributed by atoms with Gasteiger partial charge in [-0.05, 0) is 18.6 Å². The third-order valence-corrected chi connectivity index (χ3v) is 3.82. The summed E-state index contributed by atoms with van der Waals surface area (Å²) in [5, 5.41) is 12.1. The average Bonchev–Trinajstić information content (AvgIpc) is 3.01. The van der Waals surface area contributed by atoms with Crippen LogP contribution >= 0.6 is 0 Å². The molecule has 1 fully saturated rings. The predicted molar refractivity (Wildman–Crippen MR) is 77.4 cm³/mol. The number of aromatic carboxylic acids is 1. The molecule has 110 valence electrons. The van der Waals surface area contributed by atoms with Crippen molar-refractivity contribution in [3.8, 4) is 0 Å². The zero-order chi connectivity index (χ0) is 15.0. The highest BCUT2D eigenvalue weighted by atomic mass is 16.4. The maximum atomic E-state index is 11.5. The number of nitrogens with zero attached hydrogens (tertiary/aromatic N) is 2. The summed E-state index contributed by atoms with van der Waals surface area (Å²) in [5.74, 6) is -0.102. The fraction of sp³-hybridized carbons (Fsp3) is 0.400. The Kier molecular flexibility index (Phi) is 3.37. The minimum Gasteiger partial charge on any atom is -0.478 e. The van der Waals surface area contributed by atoms with E-state index in [0.29, 0.717) is 18.5 Å². The second-order valence-corrected chi connectivity index (χ2v) is 5.29. The van der Waals surface area contributed by atoms with Gasteiger partial charge in [0.15, 0.2) is 0 Å². The molecule has 2 heterocycles. The smallest absolute Gasteiger partial charge is 0.337 e. The van der Waals surface area contributed by atoms with Crippen LogP contribution in [0.1, 0.15) is 42.0 Å². The molecule has 3 rings (SSSR count). The van der Waals surface area contributed by atoms with Crippen molar-refractivity contribution in [2.24, 2.45) is 0 Å². The van der Waals surface area contributed by atoms with Crippen molar-refractivity contribution in [3.63, 3.8) is 0 Å². The Labute approximate surface area is 121 Å². The number of aryl methyl sites for hydroxylation is 1. The average molecular weight is 287 g/mol. The number of fused-ring (bicyclic) bond motifs is 1. The van der Waals surface area contributed by atoms with Gasteiger partial charge in [0.05, 0.1) is 17.1 Å². The highest BCUT2D eigenvalue weighted by Crippen LogP contribution is 2.28. The molecule has 6 heteroatoms. The molecule has 2 aromatic rings. The standard InChI is InChI=1S/C15H17N3O3/c1-2-4-12-17-14-10(15(20)21)5-3-6-11(14)18(12)9-7-13(19)16-8-9/h3,5-6,9H,2,4,7-8H2,1H3,(H,16,19)(H,20,21). The molecule has 1 aromatic heterocycles. The second kappa shape index (κ2) is 5.20. The number of imidazole rings is 1. The van der Waals surface area contributed by atoms with E-state index in [4.69, 9.17) is 0 Å². The number of carbonyl (C=O) groups excluding carboxylic acids is 1. The number of nitrogens with one attached hydrogen (secondary N) is 1. The Hall–Kier alpha value is -2.37. The zero-order valence-electron chi connectivity index (χ0n) is 11.8. The lowest BCUT2D eigenvalue weighted by Crippen LogP contribution is -2.16. The van der Waals surface area contributed by atoms with Crippen LogP contribution in [0.15, 0.2) is 18.2 Å². The predicted octanol–water partition coefficient (Wildman–Crippen LogP) is 1.75. The number of hydrogen-bond acceptors (Lipinski definition) is 3. The summed E-state index contributed by atoms with van der Waals surface area (Å²) in [6, 6.07) is 5.17. The van der Waals surface area contributed by atoms with Crippen LogP contribution in [0.2, 0.25) is 0 Å². The van der Waals surface area contributed by atoms with E-state index in [2.05, 4.69) is 17.2 Å². The van der Waals surface area contributed by atoms with Crippen LogP contribution in [-0.2, 0) is 11.2 Å². The van der Waals surface area contributed by atoms with Gasteiger partial charge < -0.3 is 15.0 Å². The summed E-state index contributed by atoms with van der Waals surface area (Å²) >= 11 is 0. The molecule has 1 unspecified atom stereocenters. The topological polar surface area (TPSA) is 84.2 Å². The molecule has 1 aliphatic rings. The lowest BCUT2D eigenvalue weighted by Gasteiger charge is -2.14. The first-order valence-corrected chi connectivity index (χ1v) is 7.11. The van der Waals surface area contributed by atoms with Crippen LogP contribution in [0.5, 0.6) is 0 Å². The van der Waals surface area contributed by atoms with Gasteiger partial charge in [-0.1, -0.05) is 13.0 Å². The fourth-order valence-electron chi connectivity index (χ4n) is 2.92. The van der Waals surface area contributed by atoms with Gasteiger partial charge in [-0.25, -0.2) is 9.78 Å². The van der Waals surface area contributed by atoms with E-state index in [1.165, 1.54) is 0 Å². The fourth-order valence-corrected chi connectivity index (χ4v) is 2.92. The van der Waals surface area contributed by atoms with Gasteiger partial charge in [0.25, 0.3) is 0 Å². The zero-order valence-corrected chi connectivity index (χ0v) is 11.8. The van der Waals surface area contributed by atoms with E-state index in [-0.39, 0.29) is 17.5 Å². The van der Waals surface area contributed by atoms with Crippen LogP contribution in [-0.4, -0.2) is 33.1 Å². The Morgan fingerprint density at radius 2 is 2.33 bits per heavy atom. The van der Waals surface area contributed by atoms with E-state index in [0.717, 1.165) is 24.2 Å². The molecule has 0 aliphatic carbocycles. The Balaban J connectivity index is 2.20. The number of carboxylic acid groups (broad SMARTS) is 1. The number of para-hydroxylation sites is 1. The third-order valence-electron chi connectivity index (χ3n) is 3.82. The minimum atomic E-state index is -0.978. The van der Waals surface area contributed by atoms with Crippen LogP contribution in [0.3, 0.4) is 0 Å². The summed E-state index contributed by atoms with van der Waals surface area (Å²) in [5.41, 5.74) is 1.51. The van der Waals surface area contributed by atoms with Crippen molar-refractivity contribution in [1.29, 1.82) is 0 Å². The van der Waals surface area contributed by atoms with Gasteiger partial charge in [-0.2, -0.15) is 0 Å². The SMILES string of the molecule is CCCc1nc2c(C(=O)O)cccc2n1C1CNC(=O)C1. The first-order valence-electron chi connectivity index (χ1n) is 7.11. The van der Waals surface area contributed by atoms with Gasteiger partial charge in [0, 0.05) is 19.4 Å². The number of amides is 1. The summed E-state index contributed by atoms with van der Waals surface area (Å²) in [7, 11) is 0. The van der Waals surface area contributed by atoms with E-state index >= 15 is 0 Å². The number of rotatable bonds is 4. The van der Waals surface area contributed by atoms with Crippen molar-refractivity contribution in [2.75, 3.05) is 6.54 Å². The number of carboxylic acids is 1. The molecule has 2 N–H and O–H groups in total. The van der Waals surface area contributed by atoms with Crippen LogP contribution in [0, 0.1) is 0 Å². The molecule has 6 nitrogen and oxygen atoms in total. The molecule has 1 saturated heterocycles. The second-order valence-electron chi connectivity index (χ2n) is 5.29. The lowest BCUT2D eigenvalue weighted by atomic mass is 10.1. The first-order chi connectivity index (χ1) is 10.1. The number of benzene rings is 1. The first kappa shape index (κ1) is 13.6. The molecular formula is C15H17N3O3. The van der Waals surface area contributed by atoms with E-state index in [1.807, 2.05) is 10.6 Å². The maximum absolute atomic E-state index is 11.5. The quantitative estimate of drug-likeness (QED) is 0.897. The lowest BCUT2D eigenvalue weighted by molar-refractivity contribution is -0.119. The van der Waals surface area contributed by atoms with Gasteiger partial charge in [0.1, 0.15) is 11.3 Å². The summed E-state index contributed by atoms with van der Waals surface area (Å²) in [6.45, 7) is 2.62. The van der Waals surface area contributed by atoms with Gasteiger partial charge in [0.2, 0.25) is 5.91 Å². The third kappa shape index (κ3) is 2.26. The van der Waals surface area contributed by atoms with Gasteiger partial charge >= 0.3 is 5.97 Å². The minimum absolute atomic E-state index is 0.00750. The molecule has 0 radical (unpaired) electrons. The van der Waals surface area contributed by atoms with Crippen molar-refractivity contribution in [2.45, 2.75) is 32.2 Å². The van der Waals surface area contributed by atoms with Crippen molar-refractivity contribution in [3.05, 3.63) is 29.6 Å². The molecule has 0 saturated carbocycles. The normalized spacial score (nSPS) is 18.1. The molecule has 1 aromatic carbocycles. The highest BCUT2D eigenvalue weighted by Gasteiger charge is 2.27. The Morgan fingerprint density at radius 1 is 1.52 bits per heavy atom. The number of carbonyl (C=O) groups is 2. The number of aromatic nitrogens is 2. The molecular weight excluding hydrogens is 270 g/mol. The Morgan fingerprint density at radius 3 is 2.95 bits per heavy atom.